The second kappa shape index (κ2) is 10.5. The summed E-state index contributed by atoms with van der Waals surface area (Å²) in [5.74, 6) is -2.30. The van der Waals surface area contributed by atoms with Gasteiger partial charge in [0.25, 0.3) is 0 Å². The van der Waals surface area contributed by atoms with Crippen molar-refractivity contribution in [1.29, 1.82) is 0 Å². The van der Waals surface area contributed by atoms with Crippen molar-refractivity contribution in [3.8, 4) is 11.1 Å². The van der Waals surface area contributed by atoms with Crippen molar-refractivity contribution in [1.82, 2.24) is 0 Å². The molecule has 2 aromatic carbocycles. The van der Waals surface area contributed by atoms with E-state index in [-0.39, 0.29) is 24.6 Å². The Labute approximate surface area is 193 Å². The number of carbonyl (C=O) groups excluding carboxylic acids is 1. The van der Waals surface area contributed by atoms with Crippen molar-refractivity contribution in [2.75, 3.05) is 6.61 Å². The number of aliphatic hydroxyl groups is 1. The molecule has 0 fully saturated rings. The first-order valence-corrected chi connectivity index (χ1v) is 10.8. The van der Waals surface area contributed by atoms with Gasteiger partial charge in [0.2, 0.25) is 0 Å². The van der Waals surface area contributed by atoms with Crippen LogP contribution in [0.4, 0.5) is 4.39 Å². The van der Waals surface area contributed by atoms with E-state index in [2.05, 4.69) is 0 Å². The molecule has 0 aliphatic heterocycles. The lowest BCUT2D eigenvalue weighted by Crippen LogP contribution is -2.35. The Hall–Kier alpha value is -2.44. The summed E-state index contributed by atoms with van der Waals surface area (Å²) in [5, 5.41) is 19.6. The topological polar surface area (TPSA) is 83.8 Å². The number of rotatable bonds is 9. The first kappa shape index (κ1) is 25.8. The van der Waals surface area contributed by atoms with E-state index in [1.54, 1.807) is 39.0 Å². The van der Waals surface area contributed by atoms with E-state index in [9.17, 15) is 24.2 Å². The van der Waals surface area contributed by atoms with Crippen LogP contribution in [0.2, 0.25) is 5.02 Å². The largest absolute Gasteiger partial charge is 0.481 e. The highest BCUT2D eigenvalue weighted by Crippen LogP contribution is 2.32. The lowest BCUT2D eigenvalue weighted by Gasteiger charge is -2.28. The van der Waals surface area contributed by atoms with E-state index in [0.717, 1.165) is 5.56 Å². The fourth-order valence-electron chi connectivity index (χ4n) is 3.56. The number of halogens is 2. The SMILES string of the molecule is CC(C)(C)OC(=O)C[C@H](Cc1ccc(-c2cc(Cl)ccc2F)cc1)C[C@@](C)(CO)C(=O)O. The molecule has 0 saturated carbocycles. The van der Waals surface area contributed by atoms with Gasteiger partial charge in [-0.05, 0) is 75.8 Å². The molecule has 2 atom stereocenters. The molecular weight excluding hydrogens is 435 g/mol. The van der Waals surface area contributed by atoms with Gasteiger partial charge in [-0.1, -0.05) is 35.9 Å². The molecule has 32 heavy (non-hydrogen) atoms. The number of carboxylic acids is 1. The van der Waals surface area contributed by atoms with Crippen molar-refractivity contribution < 1.29 is 28.9 Å². The second-order valence-electron chi connectivity index (χ2n) is 9.41. The number of carboxylic acid groups (broad SMARTS) is 1. The zero-order valence-electron chi connectivity index (χ0n) is 18.8. The van der Waals surface area contributed by atoms with Crippen LogP contribution in [-0.4, -0.2) is 34.4 Å². The van der Waals surface area contributed by atoms with E-state index < -0.39 is 29.6 Å². The second-order valence-corrected chi connectivity index (χ2v) is 9.85. The standard InChI is InChI=1S/C25H30ClFO5/c1-24(2,3)32-22(29)12-17(14-25(4,15-28)23(30)31)11-16-5-7-18(8-6-16)20-13-19(26)9-10-21(20)27/h5-10,13,17,28H,11-12,14-15H2,1-4H3,(H,30,31)/t17-,25-/m0/s1. The fourth-order valence-corrected chi connectivity index (χ4v) is 3.74. The van der Waals surface area contributed by atoms with Gasteiger partial charge >= 0.3 is 11.9 Å². The van der Waals surface area contributed by atoms with Crippen molar-refractivity contribution in [2.45, 2.75) is 52.6 Å². The molecular formula is C25H30ClFO5. The number of aliphatic carboxylic acids is 1. The van der Waals surface area contributed by atoms with Crippen LogP contribution < -0.4 is 0 Å². The Morgan fingerprint density at radius 1 is 1.09 bits per heavy atom. The molecule has 2 aromatic rings. The maximum Gasteiger partial charge on any atom is 0.311 e. The van der Waals surface area contributed by atoms with Gasteiger partial charge in [-0.15, -0.1) is 0 Å². The Kier molecular flexibility index (Phi) is 8.43. The number of benzene rings is 2. The van der Waals surface area contributed by atoms with Crippen molar-refractivity contribution in [3.05, 3.63) is 58.9 Å². The molecule has 2 rings (SSSR count). The lowest BCUT2D eigenvalue weighted by molar-refractivity contribution is -0.158. The third kappa shape index (κ3) is 7.31. The Morgan fingerprint density at radius 3 is 2.25 bits per heavy atom. The zero-order chi connectivity index (χ0) is 24.1. The maximum absolute atomic E-state index is 14.2. The van der Waals surface area contributed by atoms with Crippen LogP contribution >= 0.6 is 11.6 Å². The molecule has 0 aliphatic rings. The van der Waals surface area contributed by atoms with Crippen LogP contribution in [-0.2, 0) is 20.7 Å². The molecule has 0 aliphatic carbocycles. The highest BCUT2D eigenvalue weighted by atomic mass is 35.5. The summed E-state index contributed by atoms with van der Waals surface area (Å²) in [4.78, 5) is 24.1. The predicted octanol–water partition coefficient (Wildman–Crippen LogP) is 5.51. The summed E-state index contributed by atoms with van der Waals surface area (Å²) in [5.41, 5.74) is -0.139. The van der Waals surface area contributed by atoms with Crippen LogP contribution in [0.25, 0.3) is 11.1 Å². The number of ether oxygens (including phenoxy) is 1. The van der Waals surface area contributed by atoms with Gasteiger partial charge in [-0.25, -0.2) is 4.39 Å². The summed E-state index contributed by atoms with van der Waals surface area (Å²) in [6.45, 7) is 6.22. The molecule has 0 radical (unpaired) electrons. The molecule has 0 heterocycles. The normalized spacial score (nSPS) is 14.5. The van der Waals surface area contributed by atoms with Crippen LogP contribution in [0.5, 0.6) is 0 Å². The Bertz CT molecular complexity index is 952. The number of esters is 1. The van der Waals surface area contributed by atoms with Crippen LogP contribution in [0, 0.1) is 17.2 Å². The molecule has 0 bridgehead atoms. The molecule has 0 aromatic heterocycles. The summed E-state index contributed by atoms with van der Waals surface area (Å²) in [6.07, 6.45) is 0.522. The summed E-state index contributed by atoms with van der Waals surface area (Å²) >= 11 is 5.98. The highest BCUT2D eigenvalue weighted by molar-refractivity contribution is 6.30. The van der Waals surface area contributed by atoms with Gasteiger partial charge < -0.3 is 14.9 Å². The average molecular weight is 465 g/mol. The van der Waals surface area contributed by atoms with E-state index in [4.69, 9.17) is 16.3 Å². The van der Waals surface area contributed by atoms with Gasteiger partial charge in [0.1, 0.15) is 11.4 Å². The van der Waals surface area contributed by atoms with Gasteiger partial charge in [0, 0.05) is 17.0 Å². The number of carbonyl (C=O) groups is 2. The summed E-state index contributed by atoms with van der Waals surface area (Å²) < 4.78 is 19.6. The Morgan fingerprint density at radius 2 is 1.72 bits per heavy atom. The Balaban J connectivity index is 2.24. The average Bonchev–Trinajstić information content (AvgIpc) is 2.68. The quantitative estimate of drug-likeness (QED) is 0.478. The smallest absolute Gasteiger partial charge is 0.311 e. The lowest BCUT2D eigenvalue weighted by atomic mass is 9.78. The molecule has 0 amide bonds. The van der Waals surface area contributed by atoms with Crippen molar-refractivity contribution in [3.63, 3.8) is 0 Å². The number of hydrogen-bond donors (Lipinski definition) is 2. The summed E-state index contributed by atoms with van der Waals surface area (Å²) in [6, 6.07) is 11.5. The molecule has 174 valence electrons. The molecule has 7 heteroatoms. The van der Waals surface area contributed by atoms with E-state index in [0.29, 0.717) is 22.6 Å². The minimum Gasteiger partial charge on any atom is -0.481 e. The monoisotopic (exact) mass is 464 g/mol. The zero-order valence-corrected chi connectivity index (χ0v) is 19.6. The first-order chi connectivity index (χ1) is 14.8. The van der Waals surface area contributed by atoms with Crippen LogP contribution in [0.1, 0.15) is 46.1 Å². The van der Waals surface area contributed by atoms with E-state index in [1.165, 1.54) is 19.1 Å². The molecule has 0 saturated heterocycles. The van der Waals surface area contributed by atoms with Crippen molar-refractivity contribution in [2.24, 2.45) is 11.3 Å². The molecule has 0 spiro atoms. The van der Waals surface area contributed by atoms with Crippen molar-refractivity contribution >= 4 is 23.5 Å². The molecule has 5 nitrogen and oxygen atoms in total. The van der Waals surface area contributed by atoms with Crippen LogP contribution in [0.15, 0.2) is 42.5 Å². The van der Waals surface area contributed by atoms with Gasteiger partial charge in [0.05, 0.1) is 12.0 Å². The van der Waals surface area contributed by atoms with Gasteiger partial charge in [0.15, 0.2) is 0 Å². The number of hydrogen-bond acceptors (Lipinski definition) is 4. The van der Waals surface area contributed by atoms with Crippen LogP contribution in [0.3, 0.4) is 0 Å². The highest BCUT2D eigenvalue weighted by Gasteiger charge is 2.36. The number of aliphatic hydroxyl groups excluding tert-OH is 1. The molecule has 0 unspecified atom stereocenters. The first-order valence-electron chi connectivity index (χ1n) is 10.4. The molecule has 2 N–H and O–H groups in total. The van der Waals surface area contributed by atoms with Gasteiger partial charge in [-0.3, -0.25) is 9.59 Å². The summed E-state index contributed by atoms with van der Waals surface area (Å²) in [7, 11) is 0. The minimum absolute atomic E-state index is 0.0187. The predicted molar refractivity (Wildman–Crippen MR) is 122 cm³/mol. The fraction of sp³-hybridized carbons (Fsp3) is 0.440. The van der Waals surface area contributed by atoms with E-state index in [1.807, 2.05) is 12.1 Å². The maximum atomic E-state index is 14.2. The van der Waals surface area contributed by atoms with E-state index >= 15 is 0 Å². The minimum atomic E-state index is -1.38. The van der Waals surface area contributed by atoms with Gasteiger partial charge in [-0.2, -0.15) is 0 Å². The third-order valence-corrected chi connectivity index (χ3v) is 5.43. The third-order valence-electron chi connectivity index (χ3n) is 5.20.